The van der Waals surface area contributed by atoms with Crippen LogP contribution in [-0.4, -0.2) is 42.1 Å². The third-order valence-corrected chi connectivity index (χ3v) is 8.24. The maximum absolute atomic E-state index is 13.2. The van der Waals surface area contributed by atoms with Crippen LogP contribution in [0.4, 0.5) is 0 Å². The van der Waals surface area contributed by atoms with Gasteiger partial charge in [0.1, 0.15) is 0 Å². The van der Waals surface area contributed by atoms with Crippen molar-refractivity contribution in [2.75, 3.05) is 12.8 Å². The maximum Gasteiger partial charge on any atom is 0.163 e. The first-order valence-corrected chi connectivity index (χ1v) is 11.7. The molecule has 1 N–H and O–H groups in total. The van der Waals surface area contributed by atoms with Crippen LogP contribution in [0.2, 0.25) is 0 Å². The van der Waals surface area contributed by atoms with Gasteiger partial charge in [0.2, 0.25) is 0 Å². The monoisotopic (exact) mass is 393 g/mol. The second kappa shape index (κ2) is 7.27. The fourth-order valence-corrected chi connectivity index (χ4v) is 7.27. The lowest BCUT2D eigenvalue weighted by atomic mass is 9.80. The summed E-state index contributed by atoms with van der Waals surface area (Å²) in [5.74, 6) is -0.0420. The molecule has 0 aliphatic carbocycles. The van der Waals surface area contributed by atoms with Crippen molar-refractivity contribution in [1.29, 1.82) is 0 Å². The molecule has 0 aromatic heterocycles. The molecule has 0 bridgehead atoms. The second-order valence-electron chi connectivity index (χ2n) is 9.26. The summed E-state index contributed by atoms with van der Waals surface area (Å²) in [6.07, 6.45) is 1.67. The lowest BCUT2D eigenvalue weighted by Gasteiger charge is -2.40. The summed E-state index contributed by atoms with van der Waals surface area (Å²) in [7, 11) is -1.85. The van der Waals surface area contributed by atoms with E-state index in [1.54, 1.807) is 0 Å². The van der Waals surface area contributed by atoms with Gasteiger partial charge in [-0.05, 0) is 51.5 Å². The summed E-state index contributed by atoms with van der Waals surface area (Å²) in [4.78, 5) is 0. The van der Waals surface area contributed by atoms with E-state index < -0.39 is 13.6 Å². The first-order chi connectivity index (χ1) is 12.7. The summed E-state index contributed by atoms with van der Waals surface area (Å²) in [6.45, 7) is 9.49. The Morgan fingerprint density at radius 2 is 1.85 bits per heavy atom. The van der Waals surface area contributed by atoms with E-state index in [2.05, 4.69) is 31.3 Å². The van der Waals surface area contributed by atoms with Crippen LogP contribution in [0.25, 0.3) is 0 Å². The van der Waals surface area contributed by atoms with E-state index in [-0.39, 0.29) is 29.5 Å². The van der Waals surface area contributed by atoms with Crippen LogP contribution < -0.4 is 5.32 Å². The van der Waals surface area contributed by atoms with E-state index in [0.29, 0.717) is 18.7 Å². The Morgan fingerprint density at radius 3 is 2.52 bits per heavy atom. The normalized spacial score (nSPS) is 40.0. The minimum atomic E-state index is -1.85. The predicted molar refractivity (Wildman–Crippen MR) is 106 cm³/mol. The highest BCUT2D eigenvalue weighted by Gasteiger charge is 2.55. The Bertz CT molecular complexity index is 693. The maximum atomic E-state index is 13.2. The molecule has 6 atom stereocenters. The van der Waals surface area contributed by atoms with Gasteiger partial charge in [-0.2, -0.15) is 0 Å². The van der Waals surface area contributed by atoms with Crippen molar-refractivity contribution in [2.45, 2.75) is 70.0 Å². The van der Waals surface area contributed by atoms with Crippen molar-refractivity contribution in [2.24, 2.45) is 11.8 Å². The summed E-state index contributed by atoms with van der Waals surface area (Å²) in [5, 5.41) is 3.56. The van der Waals surface area contributed by atoms with Gasteiger partial charge in [0, 0.05) is 12.7 Å². The lowest BCUT2D eigenvalue weighted by Crippen LogP contribution is -2.50. The Labute approximate surface area is 162 Å². The van der Waals surface area contributed by atoms with Crippen molar-refractivity contribution in [3.63, 3.8) is 0 Å². The molecule has 0 amide bonds. The van der Waals surface area contributed by atoms with Crippen LogP contribution in [-0.2, 0) is 25.3 Å². The molecule has 0 radical (unpaired) electrons. The molecule has 6 unspecified atom stereocenters. The van der Waals surface area contributed by atoms with Crippen molar-refractivity contribution >= 4 is 7.80 Å². The van der Waals surface area contributed by atoms with Crippen LogP contribution in [0.5, 0.6) is 0 Å². The van der Waals surface area contributed by atoms with Gasteiger partial charge >= 0.3 is 0 Å². The molecular weight excluding hydrogens is 361 g/mol. The molecule has 1 aromatic rings. The standard InChI is InChI=1S/C21H32NO4P/c1-20(2)10-15-16(17-12-24-21(3,4)25-17)13-27(23)19(18(15)26-20)22-11-14-8-6-5-7-9-14/h5-9,15-19,22,27H,10-13H2,1-4H3. The van der Waals surface area contributed by atoms with Gasteiger partial charge in [-0.15, -0.1) is 0 Å². The van der Waals surface area contributed by atoms with Gasteiger partial charge in [-0.3, -0.25) is 0 Å². The molecule has 3 heterocycles. The fraction of sp³-hybridized carbons (Fsp3) is 0.714. The Morgan fingerprint density at radius 1 is 1.11 bits per heavy atom. The molecule has 5 nitrogen and oxygen atoms in total. The number of nitrogens with one attached hydrogen (secondary N) is 1. The van der Waals surface area contributed by atoms with Crippen LogP contribution in [0, 0.1) is 11.8 Å². The molecule has 4 rings (SSSR count). The summed E-state index contributed by atoms with van der Waals surface area (Å²) >= 11 is 0. The van der Waals surface area contributed by atoms with Crippen LogP contribution in [0.15, 0.2) is 30.3 Å². The van der Waals surface area contributed by atoms with E-state index in [0.717, 1.165) is 13.0 Å². The van der Waals surface area contributed by atoms with Gasteiger partial charge in [0.25, 0.3) is 0 Å². The van der Waals surface area contributed by atoms with Gasteiger partial charge in [-0.1, -0.05) is 30.3 Å². The first kappa shape index (κ1) is 19.6. The summed E-state index contributed by atoms with van der Waals surface area (Å²) in [6, 6.07) is 10.3. The number of rotatable bonds is 4. The first-order valence-electron chi connectivity index (χ1n) is 10.0. The number of benzene rings is 1. The third-order valence-electron chi connectivity index (χ3n) is 6.14. The van der Waals surface area contributed by atoms with Crippen LogP contribution in [0.1, 0.15) is 39.7 Å². The second-order valence-corrected chi connectivity index (χ2v) is 11.2. The Balaban J connectivity index is 1.51. The average molecular weight is 393 g/mol. The molecule has 3 saturated heterocycles. The number of ether oxygens (including phenoxy) is 3. The van der Waals surface area contributed by atoms with Crippen LogP contribution >= 0.6 is 7.80 Å². The van der Waals surface area contributed by atoms with Gasteiger partial charge < -0.3 is 24.1 Å². The van der Waals surface area contributed by atoms with Crippen molar-refractivity contribution in [3.05, 3.63) is 35.9 Å². The molecule has 150 valence electrons. The van der Waals surface area contributed by atoms with Crippen molar-refractivity contribution in [1.82, 2.24) is 5.32 Å². The topological polar surface area (TPSA) is 56.8 Å². The molecule has 3 fully saturated rings. The Hall–Kier alpha value is -0.710. The van der Waals surface area contributed by atoms with Gasteiger partial charge in [-0.25, -0.2) is 0 Å². The SMILES string of the molecule is CC1(C)CC2C(C3COC(C)(C)O3)C[PH](=O)C(NCc3ccccc3)C2O1. The minimum Gasteiger partial charge on any atom is -0.370 e. The third kappa shape index (κ3) is 4.18. The smallest absolute Gasteiger partial charge is 0.163 e. The molecular formula is C21H32NO4P. The summed E-state index contributed by atoms with van der Waals surface area (Å²) in [5.41, 5.74) is 1.01. The molecule has 0 saturated carbocycles. The molecule has 6 heteroatoms. The van der Waals surface area contributed by atoms with Crippen molar-refractivity contribution in [3.8, 4) is 0 Å². The molecule has 3 aliphatic rings. The van der Waals surface area contributed by atoms with Crippen molar-refractivity contribution < 1.29 is 18.8 Å². The Kier molecular flexibility index (Phi) is 5.28. The summed E-state index contributed by atoms with van der Waals surface area (Å²) < 4.78 is 31.6. The molecule has 27 heavy (non-hydrogen) atoms. The van der Waals surface area contributed by atoms with E-state index >= 15 is 0 Å². The highest BCUT2D eigenvalue weighted by Crippen LogP contribution is 2.53. The minimum absolute atomic E-state index is 0.00835. The molecule has 3 aliphatic heterocycles. The zero-order valence-electron chi connectivity index (χ0n) is 16.7. The number of hydrogen-bond donors (Lipinski definition) is 1. The van der Waals surface area contributed by atoms with Gasteiger partial charge in [0.05, 0.1) is 38.0 Å². The number of fused-ring (bicyclic) bond motifs is 1. The largest absolute Gasteiger partial charge is 0.370 e. The fourth-order valence-electron chi connectivity index (χ4n) is 4.98. The number of hydrogen-bond acceptors (Lipinski definition) is 5. The quantitative estimate of drug-likeness (QED) is 0.792. The predicted octanol–water partition coefficient (Wildman–Crippen LogP) is 3.63. The van der Waals surface area contributed by atoms with E-state index in [9.17, 15) is 4.57 Å². The highest BCUT2D eigenvalue weighted by molar-refractivity contribution is 7.45. The molecule has 1 aromatic carbocycles. The van der Waals surface area contributed by atoms with E-state index in [4.69, 9.17) is 14.2 Å². The molecule has 0 spiro atoms. The van der Waals surface area contributed by atoms with E-state index in [1.807, 2.05) is 32.0 Å². The zero-order valence-corrected chi connectivity index (χ0v) is 17.7. The highest BCUT2D eigenvalue weighted by atomic mass is 31.1. The van der Waals surface area contributed by atoms with E-state index in [1.165, 1.54) is 5.56 Å². The zero-order chi connectivity index (χ0) is 19.2. The lowest BCUT2D eigenvalue weighted by molar-refractivity contribution is -0.147. The van der Waals surface area contributed by atoms with Gasteiger partial charge in [0.15, 0.2) is 5.79 Å². The average Bonchev–Trinajstić information content (AvgIpc) is 3.12. The van der Waals surface area contributed by atoms with Crippen LogP contribution in [0.3, 0.4) is 0 Å².